The van der Waals surface area contributed by atoms with Crippen molar-refractivity contribution in [1.82, 2.24) is 24.4 Å². The molecule has 2 atom stereocenters. The van der Waals surface area contributed by atoms with Gasteiger partial charge in [-0.05, 0) is 56.5 Å². The van der Waals surface area contributed by atoms with Gasteiger partial charge in [-0.15, -0.1) is 0 Å². The Morgan fingerprint density at radius 3 is 2.48 bits per heavy atom. The zero-order chi connectivity index (χ0) is 31.3. The minimum Gasteiger partial charge on any atom is -0.398 e. The number of nitrogen functional groups attached to an aromatic ring is 1. The van der Waals surface area contributed by atoms with Crippen molar-refractivity contribution in [3.8, 4) is 16.9 Å². The molecule has 4 heterocycles. The lowest BCUT2D eigenvalue weighted by atomic mass is 10.0. The zero-order valence-electron chi connectivity index (χ0n) is 24.5. The number of fused-ring (bicyclic) bond motifs is 1. The molecule has 1 aliphatic heterocycles. The Morgan fingerprint density at radius 2 is 1.82 bits per heavy atom. The summed E-state index contributed by atoms with van der Waals surface area (Å²) in [4.78, 5) is 44.1. The third-order valence-electron chi connectivity index (χ3n) is 7.79. The van der Waals surface area contributed by atoms with Crippen molar-refractivity contribution in [3.63, 3.8) is 0 Å². The fourth-order valence-electron chi connectivity index (χ4n) is 5.61. The number of aryl methyl sites for hydroxylation is 1. The Hall–Kier alpha value is -4.38. The number of rotatable bonds is 5. The van der Waals surface area contributed by atoms with Gasteiger partial charge in [0.05, 0.1) is 27.5 Å². The molecule has 0 aliphatic carbocycles. The van der Waals surface area contributed by atoms with Gasteiger partial charge >= 0.3 is 5.69 Å². The minimum atomic E-state index is -1.12. The fourth-order valence-corrected chi connectivity index (χ4v) is 5.87. The summed E-state index contributed by atoms with van der Waals surface area (Å²) in [5, 5.41) is 0.557. The Morgan fingerprint density at radius 1 is 1.14 bits per heavy atom. The van der Waals surface area contributed by atoms with Crippen molar-refractivity contribution in [1.29, 1.82) is 0 Å². The quantitative estimate of drug-likeness (QED) is 0.213. The third kappa shape index (κ3) is 5.52. The number of amides is 1. The van der Waals surface area contributed by atoms with Crippen LogP contribution >= 0.6 is 11.6 Å². The molecule has 2 N–H and O–H groups in total. The maximum Gasteiger partial charge on any atom is 0.355 e. The average Bonchev–Trinajstić information content (AvgIpc) is 2.95. The fraction of sp³-hybridized carbons (Fsp3) is 0.344. The lowest BCUT2D eigenvalue weighted by molar-refractivity contribution is -0.128. The summed E-state index contributed by atoms with van der Waals surface area (Å²) in [6, 6.07) is 4.77. The molecule has 0 radical (unpaired) electrons. The number of aromatic nitrogens is 4. The van der Waals surface area contributed by atoms with E-state index < -0.39 is 17.3 Å². The van der Waals surface area contributed by atoms with Crippen LogP contribution < -0.4 is 16.3 Å². The molecule has 232 valence electrons. The Kier molecular flexibility index (Phi) is 9.11. The van der Waals surface area contributed by atoms with Crippen molar-refractivity contribution in [2.24, 2.45) is 0 Å². The third-order valence-corrected chi connectivity index (χ3v) is 8.08. The Balaban J connectivity index is 0.00000442. The van der Waals surface area contributed by atoms with Crippen LogP contribution in [0.1, 0.15) is 52.3 Å². The standard InChI is InChI=1S/C31H32ClF2N7O2.CH4/c1-7-25(42)39-13-18(6)40(14-17(39)5)29-20-10-21(32)27(19-11-22(33)23(34)12-24(19)35)37-30(20)41(31(43)38-29)28-16(4)8-9-36-26(28)15(2)3;/h7-12,15,17-18H,1,13-14,35H2,2-6H3;1H4/t17-,18+;/m1./s1. The van der Waals surface area contributed by atoms with E-state index >= 15 is 0 Å². The predicted octanol–water partition coefficient (Wildman–Crippen LogP) is 6.04. The number of pyridine rings is 2. The van der Waals surface area contributed by atoms with Crippen LogP contribution in [0, 0.1) is 18.6 Å². The number of carbonyl (C=O) groups excluding carboxylic acids is 1. The first kappa shape index (κ1) is 32.5. The summed E-state index contributed by atoms with van der Waals surface area (Å²) in [6.45, 7) is 14.0. The maximum atomic E-state index is 14.4. The summed E-state index contributed by atoms with van der Waals surface area (Å²) in [5.74, 6) is -2.12. The smallest absolute Gasteiger partial charge is 0.355 e. The van der Waals surface area contributed by atoms with Crippen LogP contribution in [0.2, 0.25) is 5.02 Å². The molecule has 5 rings (SSSR count). The molecule has 1 aromatic carbocycles. The van der Waals surface area contributed by atoms with Crippen LogP contribution in [0.25, 0.3) is 28.0 Å². The highest BCUT2D eigenvalue weighted by molar-refractivity contribution is 6.34. The first-order chi connectivity index (χ1) is 20.3. The van der Waals surface area contributed by atoms with Gasteiger partial charge in [0, 0.05) is 48.7 Å². The normalized spacial score (nSPS) is 16.8. The van der Waals surface area contributed by atoms with Crippen LogP contribution in [0.3, 0.4) is 0 Å². The SMILES string of the molecule is C.C=CC(=O)N1C[C@H](C)N(c2nc(=O)n(-c3c(C)ccnc3C(C)C)c3nc(-c4cc(F)c(F)cc4N)c(Cl)cc23)C[C@H]1C. The van der Waals surface area contributed by atoms with Crippen molar-refractivity contribution in [3.05, 3.63) is 81.5 Å². The number of carbonyl (C=O) groups is 1. The van der Waals surface area contributed by atoms with Crippen LogP contribution in [-0.4, -0.2) is 55.5 Å². The molecule has 0 spiro atoms. The molecule has 44 heavy (non-hydrogen) atoms. The zero-order valence-corrected chi connectivity index (χ0v) is 25.3. The molecule has 12 heteroatoms. The van der Waals surface area contributed by atoms with Crippen molar-refractivity contribution in [2.75, 3.05) is 23.7 Å². The molecule has 1 saturated heterocycles. The highest BCUT2D eigenvalue weighted by Crippen LogP contribution is 2.38. The minimum absolute atomic E-state index is 0. The average molecular weight is 624 g/mol. The van der Waals surface area contributed by atoms with Gasteiger partial charge in [-0.25, -0.2) is 23.1 Å². The number of hydrogen-bond acceptors (Lipinski definition) is 7. The Bertz CT molecular complexity index is 1840. The number of benzene rings is 1. The topological polar surface area (TPSA) is 110 Å². The number of anilines is 2. The van der Waals surface area contributed by atoms with Gasteiger partial charge in [-0.1, -0.05) is 39.5 Å². The lowest BCUT2D eigenvalue weighted by Gasteiger charge is -2.44. The van der Waals surface area contributed by atoms with Crippen LogP contribution in [-0.2, 0) is 4.79 Å². The summed E-state index contributed by atoms with van der Waals surface area (Å²) in [5.41, 5.74) is 7.70. The van der Waals surface area contributed by atoms with E-state index in [0.29, 0.717) is 35.7 Å². The monoisotopic (exact) mass is 623 g/mol. The second kappa shape index (κ2) is 12.3. The maximum absolute atomic E-state index is 14.4. The summed E-state index contributed by atoms with van der Waals surface area (Å²) < 4.78 is 29.7. The van der Waals surface area contributed by atoms with Gasteiger partial charge < -0.3 is 15.5 Å². The van der Waals surface area contributed by atoms with Gasteiger partial charge in [0.25, 0.3) is 0 Å². The predicted molar refractivity (Wildman–Crippen MR) is 171 cm³/mol. The molecule has 9 nitrogen and oxygen atoms in total. The summed E-state index contributed by atoms with van der Waals surface area (Å²) in [6.07, 6.45) is 2.96. The highest BCUT2D eigenvalue weighted by atomic mass is 35.5. The number of piperazine rings is 1. The molecule has 0 saturated carbocycles. The van der Waals surface area contributed by atoms with Crippen molar-refractivity contribution in [2.45, 2.75) is 60.0 Å². The van der Waals surface area contributed by atoms with Gasteiger partial charge in [0.2, 0.25) is 5.91 Å². The summed E-state index contributed by atoms with van der Waals surface area (Å²) in [7, 11) is 0. The van der Waals surface area contributed by atoms with Gasteiger partial charge in [-0.2, -0.15) is 4.98 Å². The van der Waals surface area contributed by atoms with E-state index in [9.17, 15) is 18.4 Å². The lowest BCUT2D eigenvalue weighted by Crippen LogP contribution is -2.58. The number of hydrogen-bond donors (Lipinski definition) is 1. The number of nitrogens with two attached hydrogens (primary N) is 1. The van der Waals surface area contributed by atoms with Crippen LogP contribution in [0.4, 0.5) is 20.3 Å². The highest BCUT2D eigenvalue weighted by Gasteiger charge is 2.34. The van der Waals surface area contributed by atoms with Crippen molar-refractivity contribution < 1.29 is 13.6 Å². The van der Waals surface area contributed by atoms with Gasteiger partial charge in [0.15, 0.2) is 17.3 Å². The molecule has 0 bridgehead atoms. The molecule has 1 amide bonds. The molecule has 4 aromatic rings. The second-order valence-electron chi connectivity index (χ2n) is 11.2. The molecular weight excluding hydrogens is 588 g/mol. The molecular formula is C32H36ClF2N7O2. The number of halogens is 3. The van der Waals surface area contributed by atoms with E-state index in [2.05, 4.69) is 16.5 Å². The van der Waals surface area contributed by atoms with Gasteiger partial charge in [-0.3, -0.25) is 9.78 Å². The van der Waals surface area contributed by atoms with E-state index in [0.717, 1.165) is 17.7 Å². The first-order valence-corrected chi connectivity index (χ1v) is 14.3. The molecule has 0 unspecified atom stereocenters. The summed E-state index contributed by atoms with van der Waals surface area (Å²) >= 11 is 6.77. The van der Waals surface area contributed by atoms with E-state index in [1.807, 2.05) is 39.5 Å². The van der Waals surface area contributed by atoms with E-state index in [-0.39, 0.29) is 58.9 Å². The molecule has 3 aromatic heterocycles. The molecule has 1 aliphatic rings. The van der Waals surface area contributed by atoms with Crippen LogP contribution in [0.5, 0.6) is 0 Å². The first-order valence-electron chi connectivity index (χ1n) is 13.9. The van der Waals surface area contributed by atoms with E-state index in [4.69, 9.17) is 22.3 Å². The Labute approximate surface area is 260 Å². The largest absolute Gasteiger partial charge is 0.398 e. The second-order valence-corrected chi connectivity index (χ2v) is 11.6. The van der Waals surface area contributed by atoms with E-state index in [1.165, 1.54) is 10.6 Å². The van der Waals surface area contributed by atoms with Gasteiger partial charge in [0.1, 0.15) is 5.82 Å². The number of nitrogens with zero attached hydrogens (tertiary/aromatic N) is 6. The van der Waals surface area contributed by atoms with E-state index in [1.54, 1.807) is 23.2 Å². The van der Waals surface area contributed by atoms with Crippen molar-refractivity contribution >= 4 is 40.0 Å². The molecule has 1 fully saturated rings. The van der Waals surface area contributed by atoms with Crippen LogP contribution in [0.15, 0.2) is 47.9 Å².